The fraction of sp³-hybridized carbons (Fsp3) is 0.0513. The van der Waals surface area contributed by atoms with Crippen molar-refractivity contribution in [2.45, 2.75) is 20.8 Å². The summed E-state index contributed by atoms with van der Waals surface area (Å²) in [5.74, 6) is 2.64. The van der Waals surface area contributed by atoms with Crippen molar-refractivity contribution < 1.29 is 63.2 Å². The quantitative estimate of drug-likeness (QED) is 0.0758. The predicted molar refractivity (Wildman–Crippen MR) is 550 cm³/mol. The van der Waals surface area contributed by atoms with Crippen LogP contribution in [0.3, 0.4) is 0 Å². The van der Waals surface area contributed by atoms with Crippen molar-refractivity contribution in [2.75, 3.05) is 65.2 Å². The van der Waals surface area contributed by atoms with Gasteiger partial charge in [-0.2, -0.15) is 38.2 Å². The van der Waals surface area contributed by atoms with Gasteiger partial charge in [0.2, 0.25) is 0 Å². The van der Waals surface area contributed by atoms with Gasteiger partial charge in [0.05, 0.1) is 28.3 Å². The Kier molecular flexibility index (Phi) is 24.0. The molecular weight excluding hydrogens is 2240 g/mol. The number of aromatic nitrogens is 9. The molecule has 12 heterocycles. The zero-order chi connectivity index (χ0) is 90.5. The van der Waals surface area contributed by atoms with Gasteiger partial charge in [-0.1, -0.05) is 207 Å². The van der Waals surface area contributed by atoms with Gasteiger partial charge in [0.15, 0.2) is 0 Å². The first-order chi connectivity index (χ1) is 66.5. The number of hydrogen-bond donors (Lipinski definition) is 0. The van der Waals surface area contributed by atoms with E-state index in [2.05, 4.69) is 433 Å². The van der Waals surface area contributed by atoms with Crippen LogP contribution in [-0.4, -0.2) is 64.2 Å². The van der Waals surface area contributed by atoms with E-state index >= 15 is 0 Å². The molecule has 138 heavy (non-hydrogen) atoms. The molecule has 0 spiro atoms. The van der Waals surface area contributed by atoms with Gasteiger partial charge < -0.3 is 57.3 Å². The molecule has 0 radical (unpaired) electrons. The van der Waals surface area contributed by atoms with Crippen molar-refractivity contribution in [3.8, 4) is 22.5 Å². The minimum absolute atomic E-state index is 0. The minimum atomic E-state index is 0. The first-order valence-corrected chi connectivity index (χ1v) is 44.9. The molecule has 23 aromatic rings. The van der Waals surface area contributed by atoms with E-state index in [-0.39, 0.29) is 63.2 Å². The summed E-state index contributed by atoms with van der Waals surface area (Å²) < 4.78 is 6.79. The maximum atomic E-state index is 5.08. The summed E-state index contributed by atoms with van der Waals surface area (Å²) in [5.41, 5.74) is 28.4. The molecule has 0 saturated carbocycles. The van der Waals surface area contributed by atoms with Gasteiger partial charge in [-0.05, 0) is 183 Å². The van der Waals surface area contributed by atoms with Crippen molar-refractivity contribution >= 4 is 185 Å². The SMILES string of the molecule is CN1[CH-]N(c2[c-]c(N(c3[c-]c4c(cc3)c3ccccc3n3c(-c5ccccc5)cnc43)c3ccccc3)ccc2)c2ncccc21.Cc1cccc(C)c1-c1cnc2c3[c-]c(N(c4[c-]c(N5[CH-]N(C)c6cccnc65)ccc4)c4ccccc4)ccc3c3ccccc3n12.Cc1cnc2c3[c-]c(N(c4[c-]c(N5[CH-]N(C)c6cccnc65)ccc4)c4ccccc4)ccc3c3ccccc3n12.[Pt].[Pt].[Pt]. The summed E-state index contributed by atoms with van der Waals surface area (Å²) in [6, 6.07) is 140. The Hall–Kier alpha value is -15.6. The first kappa shape index (κ1) is 89.0. The summed E-state index contributed by atoms with van der Waals surface area (Å²) >= 11 is 0. The van der Waals surface area contributed by atoms with Gasteiger partial charge in [0.1, 0.15) is 17.5 Å². The van der Waals surface area contributed by atoms with Crippen LogP contribution in [0.5, 0.6) is 0 Å². The number of para-hydroxylation sites is 6. The van der Waals surface area contributed by atoms with Crippen molar-refractivity contribution in [3.05, 3.63) is 450 Å². The number of hydrogen-bond acceptors (Lipinski definition) is 15. The molecule has 0 atom stereocenters. The van der Waals surface area contributed by atoms with Gasteiger partial charge in [0.25, 0.3) is 0 Å². The van der Waals surface area contributed by atoms with E-state index in [1.165, 1.54) is 22.1 Å². The summed E-state index contributed by atoms with van der Waals surface area (Å²) in [6.07, 6.45) is 11.4. The normalized spacial score (nSPS) is 12.5. The Morgan fingerprint density at radius 1 is 0.261 bits per heavy atom. The number of pyridine rings is 6. The van der Waals surface area contributed by atoms with Crippen LogP contribution in [0.2, 0.25) is 0 Å². The van der Waals surface area contributed by atoms with Crippen molar-refractivity contribution in [2.24, 2.45) is 0 Å². The molecule has 0 bridgehead atoms. The molecule has 3 aliphatic heterocycles. The zero-order valence-corrected chi connectivity index (χ0v) is 82.3. The smallest absolute Gasteiger partial charge is 0.124 e. The van der Waals surface area contributed by atoms with Crippen LogP contribution in [-0.2, 0) is 63.2 Å². The van der Waals surface area contributed by atoms with Crippen LogP contribution in [0, 0.1) is 77.2 Å². The summed E-state index contributed by atoms with van der Waals surface area (Å²) in [7, 11) is 6.11. The molecule has 18 nitrogen and oxygen atoms in total. The van der Waals surface area contributed by atoms with Crippen molar-refractivity contribution in [1.82, 2.24) is 43.1 Å². The van der Waals surface area contributed by atoms with Crippen LogP contribution in [0.15, 0.2) is 377 Å². The summed E-state index contributed by atoms with van der Waals surface area (Å²) in [6.45, 7) is 12.6. The molecule has 0 N–H and O–H groups in total. The Balaban J connectivity index is 0.000000122. The Labute approximate surface area is 842 Å². The van der Waals surface area contributed by atoms with E-state index in [9.17, 15) is 0 Å². The molecule has 680 valence electrons. The Morgan fingerprint density at radius 3 is 0.957 bits per heavy atom. The number of rotatable bonds is 14. The van der Waals surface area contributed by atoms with E-state index in [1.54, 1.807) is 0 Å². The summed E-state index contributed by atoms with van der Waals surface area (Å²) in [4.78, 5) is 48.0. The standard InChI is InChI=1S/C42H31N6.C40H27N6.C35H25N6.3Pt/c1-28-12-9-13-29(2)40(28)39-26-44-41-36-25-33(21-22-34(36)35-18-7-8-19-37(35)48(39)41)47(30-14-5-4-6-15-30)32-17-10-16-31(24-32)46-27-45(3)38-20-11-23-43-42(38)46;1-43-27-44(40-37(43)20-11-23-41-40)30-16-10-17-31(24-30)45(29-14-6-3-7-15-29)32-21-22-33-34-18-8-9-19-36(34)46-38(28-12-4-2-5-13-28)26-42-39(46)35(33)25-32;1-24-22-37-34-31-21-28(17-18-29(31)30-14-6-7-15-32(30)40(24)34)41(25-10-4-3-5-11-25)27-13-8-12-26(20-27)39-23-38(2)33-16-9-19-36-35(33)39;;;/h4-23,26-27H,1-3H3;2-23,26-27H,1H3;3-19,22-23H,1-2H3;;;/q3*-3;;;. The third-order valence-electron chi connectivity index (χ3n) is 25.6. The van der Waals surface area contributed by atoms with Gasteiger partial charge >= 0.3 is 0 Å². The monoisotopic (exact) mass is 2320 g/mol. The number of benzene rings is 14. The fourth-order valence-corrected chi connectivity index (χ4v) is 19.5. The number of nitrogens with zero attached hydrogens (tertiary/aromatic N) is 18. The largest absolute Gasteiger partial charge is 0.502 e. The molecule has 0 unspecified atom stereocenters. The third-order valence-corrected chi connectivity index (χ3v) is 25.6. The Bertz CT molecular complexity index is 8530. The maximum Gasteiger partial charge on any atom is 0.124 e. The van der Waals surface area contributed by atoms with E-state index in [0.717, 1.165) is 202 Å². The summed E-state index contributed by atoms with van der Waals surface area (Å²) in [5, 5.41) is 9.76. The van der Waals surface area contributed by atoms with Crippen LogP contribution < -0.4 is 44.1 Å². The van der Waals surface area contributed by atoms with Crippen LogP contribution in [0.4, 0.5) is 103 Å². The van der Waals surface area contributed by atoms with E-state index in [0.29, 0.717) is 0 Å². The molecule has 9 aromatic heterocycles. The van der Waals surface area contributed by atoms with Crippen LogP contribution >= 0.6 is 0 Å². The third kappa shape index (κ3) is 15.5. The topological polar surface area (TPSA) is 120 Å². The molecule has 26 rings (SSSR count). The molecule has 0 fully saturated rings. The molecule has 14 aromatic carbocycles. The molecule has 3 aliphatic rings. The second-order valence-electron chi connectivity index (χ2n) is 33.8. The number of anilines is 18. The van der Waals surface area contributed by atoms with E-state index in [1.807, 2.05) is 114 Å². The van der Waals surface area contributed by atoms with Gasteiger partial charge in [-0.25, -0.2) is 15.0 Å². The zero-order valence-electron chi connectivity index (χ0n) is 75.5. The molecule has 0 saturated heterocycles. The van der Waals surface area contributed by atoms with E-state index in [4.69, 9.17) is 15.0 Å². The maximum absolute atomic E-state index is 5.08. The van der Waals surface area contributed by atoms with Crippen molar-refractivity contribution in [1.29, 1.82) is 0 Å². The second-order valence-corrected chi connectivity index (χ2v) is 33.8. The number of fused-ring (bicyclic) bond motifs is 21. The number of aryl methyl sites for hydroxylation is 3. The van der Waals surface area contributed by atoms with Crippen LogP contribution in [0.1, 0.15) is 16.8 Å². The Morgan fingerprint density at radius 2 is 0.572 bits per heavy atom. The van der Waals surface area contributed by atoms with Gasteiger partial charge in [-0.3, -0.25) is 15.0 Å². The van der Waals surface area contributed by atoms with Crippen LogP contribution in [0.25, 0.3) is 104 Å². The molecule has 0 aliphatic carbocycles. The molecule has 21 heteroatoms. The first-order valence-electron chi connectivity index (χ1n) is 44.9. The fourth-order valence-electron chi connectivity index (χ4n) is 19.5. The molecule has 0 amide bonds. The average Bonchev–Trinajstić information content (AvgIpc) is 1.47. The van der Waals surface area contributed by atoms with Gasteiger partial charge in [0, 0.05) is 162 Å². The number of imidazole rings is 3. The predicted octanol–water partition coefficient (Wildman–Crippen LogP) is 27.7. The van der Waals surface area contributed by atoms with E-state index < -0.39 is 0 Å². The second kappa shape index (κ2) is 37.2. The van der Waals surface area contributed by atoms with Gasteiger partial charge in [-0.15, -0.1) is 126 Å². The molecular formula is C117H83N18Pt3-9. The average molecular weight is 2330 g/mol. The minimum Gasteiger partial charge on any atom is -0.502 e. The van der Waals surface area contributed by atoms with Crippen molar-refractivity contribution in [3.63, 3.8) is 0 Å².